The summed E-state index contributed by atoms with van der Waals surface area (Å²) < 4.78 is 38.1. The molecule has 0 amide bonds. The summed E-state index contributed by atoms with van der Waals surface area (Å²) in [6.45, 7) is 2.13. The summed E-state index contributed by atoms with van der Waals surface area (Å²) >= 11 is 0. The molecule has 1 aliphatic rings. The largest absolute Gasteiger partial charge is 0.399 e. The third-order valence-corrected chi connectivity index (χ3v) is 4.55. The Labute approximate surface area is 93.9 Å². The summed E-state index contributed by atoms with van der Waals surface area (Å²) in [5.74, 6) is -0.501. The Balaban J connectivity index is 2.49. The number of nitrogen functional groups attached to an aromatic ring is 1. The quantitative estimate of drug-likeness (QED) is 0.755. The van der Waals surface area contributed by atoms with Crippen LogP contribution in [0, 0.1) is 11.7 Å². The van der Waals surface area contributed by atoms with Gasteiger partial charge in [-0.2, -0.15) is 0 Å². The molecular formula is C10H13FN2O2S. The van der Waals surface area contributed by atoms with E-state index in [1.54, 1.807) is 0 Å². The highest BCUT2D eigenvalue weighted by Gasteiger charge is 2.35. The fourth-order valence-corrected chi connectivity index (χ4v) is 3.79. The number of hydrogen-bond donors (Lipinski definition) is 1. The first kappa shape index (κ1) is 11.2. The minimum atomic E-state index is -3.39. The number of nitrogens with two attached hydrogens (primary N) is 1. The van der Waals surface area contributed by atoms with Crippen LogP contribution in [0.15, 0.2) is 18.2 Å². The second-order valence-corrected chi connectivity index (χ2v) is 6.06. The van der Waals surface area contributed by atoms with Gasteiger partial charge in [-0.05, 0) is 24.1 Å². The molecule has 88 valence electrons. The molecule has 1 aromatic carbocycles. The molecule has 0 saturated carbocycles. The van der Waals surface area contributed by atoms with Crippen LogP contribution in [0.1, 0.15) is 6.92 Å². The molecule has 1 aliphatic heterocycles. The molecule has 0 spiro atoms. The molecule has 6 heteroatoms. The first-order valence-corrected chi connectivity index (χ1v) is 6.56. The second-order valence-electron chi connectivity index (χ2n) is 4.13. The Hall–Kier alpha value is -1.30. The molecule has 0 aliphatic carbocycles. The summed E-state index contributed by atoms with van der Waals surface area (Å²) in [4.78, 5) is 0. The third kappa shape index (κ3) is 1.84. The van der Waals surface area contributed by atoms with E-state index in [4.69, 9.17) is 5.73 Å². The van der Waals surface area contributed by atoms with Gasteiger partial charge in [0.2, 0.25) is 10.0 Å². The number of nitrogens with zero attached hydrogens (tertiary/aromatic N) is 1. The number of halogens is 1. The second kappa shape index (κ2) is 3.62. The normalized spacial score (nSPS) is 23.6. The van der Waals surface area contributed by atoms with E-state index < -0.39 is 15.8 Å². The fourth-order valence-electron chi connectivity index (χ4n) is 1.87. The Morgan fingerprint density at radius 2 is 2.19 bits per heavy atom. The predicted octanol–water partition coefficient (Wildman–Crippen LogP) is 1.19. The SMILES string of the molecule is CC1CN(c2cc(N)ccc2F)S(=O)(=O)C1. The average molecular weight is 244 g/mol. The number of sulfonamides is 1. The van der Waals surface area contributed by atoms with Crippen LogP contribution < -0.4 is 10.0 Å². The zero-order chi connectivity index (χ0) is 11.9. The van der Waals surface area contributed by atoms with Crippen LogP contribution in [0.2, 0.25) is 0 Å². The smallest absolute Gasteiger partial charge is 0.235 e. The van der Waals surface area contributed by atoms with Crippen LogP contribution in [0.4, 0.5) is 15.8 Å². The summed E-state index contributed by atoms with van der Waals surface area (Å²) in [6, 6.07) is 3.94. The molecule has 2 N–H and O–H groups in total. The van der Waals surface area contributed by atoms with E-state index in [2.05, 4.69) is 0 Å². The Morgan fingerprint density at radius 3 is 2.75 bits per heavy atom. The van der Waals surface area contributed by atoms with Gasteiger partial charge in [0.15, 0.2) is 0 Å². The predicted molar refractivity (Wildman–Crippen MR) is 61.1 cm³/mol. The van der Waals surface area contributed by atoms with Gasteiger partial charge >= 0.3 is 0 Å². The van der Waals surface area contributed by atoms with E-state index in [0.717, 1.165) is 4.31 Å². The van der Waals surface area contributed by atoms with E-state index in [1.807, 2.05) is 6.92 Å². The number of rotatable bonds is 1. The van der Waals surface area contributed by atoms with E-state index in [0.29, 0.717) is 12.2 Å². The molecule has 1 aromatic rings. The van der Waals surface area contributed by atoms with E-state index >= 15 is 0 Å². The summed E-state index contributed by atoms with van der Waals surface area (Å²) in [5.41, 5.74) is 5.93. The molecule has 0 radical (unpaired) electrons. The lowest BCUT2D eigenvalue weighted by molar-refractivity contribution is 0.594. The molecule has 1 unspecified atom stereocenters. The van der Waals surface area contributed by atoms with Gasteiger partial charge in [-0.1, -0.05) is 6.92 Å². The van der Waals surface area contributed by atoms with Crippen molar-refractivity contribution >= 4 is 21.4 Å². The summed E-state index contributed by atoms with van der Waals surface area (Å²) in [5, 5.41) is 0. The van der Waals surface area contributed by atoms with Crippen molar-refractivity contribution in [3.63, 3.8) is 0 Å². The maximum atomic E-state index is 13.5. The zero-order valence-corrected chi connectivity index (χ0v) is 9.67. The topological polar surface area (TPSA) is 63.4 Å². The molecule has 4 nitrogen and oxygen atoms in total. The van der Waals surface area contributed by atoms with E-state index in [9.17, 15) is 12.8 Å². The Morgan fingerprint density at radius 1 is 1.50 bits per heavy atom. The third-order valence-electron chi connectivity index (χ3n) is 2.55. The van der Waals surface area contributed by atoms with Crippen LogP contribution >= 0.6 is 0 Å². The molecule has 1 heterocycles. The van der Waals surface area contributed by atoms with Gasteiger partial charge in [0.05, 0.1) is 11.4 Å². The van der Waals surface area contributed by atoms with Crippen molar-refractivity contribution in [3.8, 4) is 0 Å². The number of benzene rings is 1. The van der Waals surface area contributed by atoms with Gasteiger partial charge < -0.3 is 5.73 Å². The first-order valence-electron chi connectivity index (χ1n) is 4.95. The van der Waals surface area contributed by atoms with Gasteiger partial charge in [0, 0.05) is 12.2 Å². The van der Waals surface area contributed by atoms with Crippen LogP contribution in [0.3, 0.4) is 0 Å². The fraction of sp³-hybridized carbons (Fsp3) is 0.400. The van der Waals surface area contributed by atoms with Crippen molar-refractivity contribution in [2.24, 2.45) is 5.92 Å². The minimum absolute atomic E-state index is 0.00540. The Bertz CT molecular complexity index is 516. The van der Waals surface area contributed by atoms with Crippen molar-refractivity contribution in [2.45, 2.75) is 6.92 Å². The maximum absolute atomic E-state index is 13.5. The van der Waals surface area contributed by atoms with Crippen LogP contribution in [-0.2, 0) is 10.0 Å². The van der Waals surface area contributed by atoms with E-state index in [-0.39, 0.29) is 17.4 Å². The van der Waals surface area contributed by atoms with Crippen LogP contribution in [-0.4, -0.2) is 20.7 Å². The maximum Gasteiger partial charge on any atom is 0.235 e. The first-order chi connectivity index (χ1) is 7.40. The van der Waals surface area contributed by atoms with E-state index in [1.165, 1.54) is 18.2 Å². The molecule has 1 fully saturated rings. The molecule has 16 heavy (non-hydrogen) atoms. The van der Waals surface area contributed by atoms with Crippen molar-refractivity contribution in [1.82, 2.24) is 0 Å². The summed E-state index contributed by atoms with van der Waals surface area (Å²) in [7, 11) is -3.39. The lowest BCUT2D eigenvalue weighted by Gasteiger charge is -2.18. The van der Waals surface area contributed by atoms with Gasteiger partial charge in [-0.3, -0.25) is 4.31 Å². The molecule has 1 saturated heterocycles. The highest BCUT2D eigenvalue weighted by atomic mass is 32.2. The molecule has 0 bridgehead atoms. The standard InChI is InChI=1S/C10H13FN2O2S/c1-7-5-13(16(14,15)6-7)10-4-8(12)2-3-9(10)11/h2-4,7H,5-6,12H2,1H3. The lowest BCUT2D eigenvalue weighted by atomic mass is 10.2. The van der Waals surface area contributed by atoms with Crippen molar-refractivity contribution < 1.29 is 12.8 Å². The van der Waals surface area contributed by atoms with Crippen molar-refractivity contribution in [3.05, 3.63) is 24.0 Å². The van der Waals surface area contributed by atoms with Gasteiger partial charge in [-0.25, -0.2) is 12.8 Å². The number of hydrogen-bond acceptors (Lipinski definition) is 3. The van der Waals surface area contributed by atoms with Crippen LogP contribution in [0.25, 0.3) is 0 Å². The average Bonchev–Trinajstić information content (AvgIpc) is 2.43. The highest BCUT2D eigenvalue weighted by Crippen LogP contribution is 2.30. The number of anilines is 2. The Kier molecular flexibility index (Phi) is 2.53. The van der Waals surface area contributed by atoms with Gasteiger partial charge in [-0.15, -0.1) is 0 Å². The summed E-state index contributed by atoms with van der Waals surface area (Å²) in [6.07, 6.45) is 0. The molecule has 1 atom stereocenters. The zero-order valence-electron chi connectivity index (χ0n) is 8.85. The lowest BCUT2D eigenvalue weighted by Crippen LogP contribution is -2.26. The van der Waals surface area contributed by atoms with Crippen molar-refractivity contribution in [2.75, 3.05) is 22.3 Å². The highest BCUT2D eigenvalue weighted by molar-refractivity contribution is 7.93. The molecular weight excluding hydrogens is 231 g/mol. The minimum Gasteiger partial charge on any atom is -0.399 e. The van der Waals surface area contributed by atoms with Crippen LogP contribution in [0.5, 0.6) is 0 Å². The monoisotopic (exact) mass is 244 g/mol. The van der Waals surface area contributed by atoms with Gasteiger partial charge in [0.25, 0.3) is 0 Å². The molecule has 0 aromatic heterocycles. The molecule has 2 rings (SSSR count). The van der Waals surface area contributed by atoms with Gasteiger partial charge in [0.1, 0.15) is 5.82 Å². The van der Waals surface area contributed by atoms with Crippen molar-refractivity contribution in [1.29, 1.82) is 0 Å².